The van der Waals surface area contributed by atoms with Gasteiger partial charge in [0.2, 0.25) is 6.33 Å². The van der Waals surface area contributed by atoms with Crippen molar-refractivity contribution in [3.8, 4) is 5.75 Å². The molecule has 3 nitrogen and oxygen atoms in total. The smallest absolute Gasteiger partial charge is 0.241 e. The lowest BCUT2D eigenvalue weighted by Gasteiger charge is -2.02. The number of imidazole rings is 1. The Morgan fingerprint density at radius 1 is 1.25 bits per heavy atom. The van der Waals surface area contributed by atoms with E-state index in [1.807, 2.05) is 30.9 Å². The third kappa shape index (κ3) is 2.86. The van der Waals surface area contributed by atoms with Crippen LogP contribution in [-0.4, -0.2) is 12.1 Å². The Bertz CT molecular complexity index is 406. The molecule has 0 bridgehead atoms. The molecule has 0 atom stereocenters. The highest BCUT2D eigenvalue weighted by Gasteiger charge is 1.98. The minimum absolute atomic E-state index is 0.920. The largest absolute Gasteiger partial charge is 0.497 e. The van der Waals surface area contributed by atoms with E-state index in [-0.39, 0.29) is 0 Å². The van der Waals surface area contributed by atoms with Gasteiger partial charge in [-0.2, -0.15) is 0 Å². The van der Waals surface area contributed by atoms with Gasteiger partial charge in [-0.3, -0.25) is 4.98 Å². The van der Waals surface area contributed by atoms with Gasteiger partial charge in [0.15, 0.2) is 0 Å². The van der Waals surface area contributed by atoms with Crippen molar-refractivity contribution in [2.24, 2.45) is 0 Å². The van der Waals surface area contributed by atoms with Crippen molar-refractivity contribution in [3.63, 3.8) is 0 Å². The predicted octanol–water partition coefficient (Wildman–Crippen LogP) is 1.94. The van der Waals surface area contributed by atoms with Crippen molar-refractivity contribution in [2.75, 3.05) is 7.11 Å². The van der Waals surface area contributed by atoms with E-state index < -0.39 is 0 Å². The number of H-pyrrole nitrogens is 1. The lowest BCUT2D eigenvalue weighted by Crippen LogP contribution is -2.30. The van der Waals surface area contributed by atoms with Gasteiger partial charge < -0.3 is 4.74 Å². The molecule has 0 aliphatic heterocycles. The summed E-state index contributed by atoms with van der Waals surface area (Å²) in [6, 6.07) is 8.28. The number of benzene rings is 1. The van der Waals surface area contributed by atoms with Gasteiger partial charge >= 0.3 is 0 Å². The molecule has 16 heavy (non-hydrogen) atoms. The first kappa shape index (κ1) is 10.7. The van der Waals surface area contributed by atoms with Gasteiger partial charge in [-0.05, 0) is 30.5 Å². The SMILES string of the molecule is COc1ccc(CCC[n+]2cc[nH]c2)cc1. The average Bonchev–Trinajstić information content (AvgIpc) is 2.83. The highest BCUT2D eigenvalue weighted by molar-refractivity contribution is 5.27. The zero-order chi connectivity index (χ0) is 11.2. The molecular weight excluding hydrogens is 200 g/mol. The minimum Gasteiger partial charge on any atom is -0.497 e. The van der Waals surface area contributed by atoms with E-state index in [1.165, 1.54) is 5.56 Å². The van der Waals surface area contributed by atoms with E-state index in [1.54, 1.807) is 7.11 Å². The Morgan fingerprint density at radius 3 is 2.69 bits per heavy atom. The molecule has 0 saturated heterocycles. The summed E-state index contributed by atoms with van der Waals surface area (Å²) in [5.41, 5.74) is 1.36. The van der Waals surface area contributed by atoms with Crippen LogP contribution < -0.4 is 9.30 Å². The second-order valence-electron chi connectivity index (χ2n) is 3.80. The fourth-order valence-corrected chi connectivity index (χ4v) is 1.72. The van der Waals surface area contributed by atoms with Crippen LogP contribution in [0.3, 0.4) is 0 Å². The van der Waals surface area contributed by atoms with Gasteiger partial charge in [-0.1, -0.05) is 12.1 Å². The van der Waals surface area contributed by atoms with Crippen LogP contribution >= 0.6 is 0 Å². The Kier molecular flexibility index (Phi) is 3.59. The molecule has 0 spiro atoms. The summed E-state index contributed by atoms with van der Waals surface area (Å²) in [6.07, 6.45) is 8.21. The van der Waals surface area contributed by atoms with Crippen molar-refractivity contribution in [1.82, 2.24) is 4.98 Å². The van der Waals surface area contributed by atoms with Crippen LogP contribution in [-0.2, 0) is 13.0 Å². The second kappa shape index (κ2) is 5.35. The van der Waals surface area contributed by atoms with Crippen molar-refractivity contribution in [1.29, 1.82) is 0 Å². The van der Waals surface area contributed by atoms with Crippen molar-refractivity contribution in [3.05, 3.63) is 48.5 Å². The first-order valence-corrected chi connectivity index (χ1v) is 5.53. The molecule has 0 saturated carbocycles. The molecule has 0 radical (unpaired) electrons. The topological polar surface area (TPSA) is 28.9 Å². The summed E-state index contributed by atoms with van der Waals surface area (Å²) in [4.78, 5) is 3.04. The van der Waals surface area contributed by atoms with E-state index in [0.717, 1.165) is 25.1 Å². The number of hydrogen-bond acceptors (Lipinski definition) is 1. The fraction of sp³-hybridized carbons (Fsp3) is 0.308. The normalized spacial score (nSPS) is 10.3. The van der Waals surface area contributed by atoms with E-state index in [9.17, 15) is 0 Å². The number of ether oxygens (including phenoxy) is 1. The van der Waals surface area contributed by atoms with Crippen LogP contribution in [0.4, 0.5) is 0 Å². The fourth-order valence-electron chi connectivity index (χ4n) is 1.72. The number of hydrogen-bond donors (Lipinski definition) is 1. The van der Waals surface area contributed by atoms with Crippen LogP contribution in [0.5, 0.6) is 5.75 Å². The average molecular weight is 217 g/mol. The van der Waals surface area contributed by atoms with Gasteiger partial charge in [-0.15, -0.1) is 0 Å². The molecule has 0 fully saturated rings. The second-order valence-corrected chi connectivity index (χ2v) is 3.80. The molecular formula is C13H17N2O+. The lowest BCUT2D eigenvalue weighted by molar-refractivity contribution is -0.696. The summed E-state index contributed by atoms with van der Waals surface area (Å²) in [7, 11) is 1.69. The Labute approximate surface area is 95.7 Å². The summed E-state index contributed by atoms with van der Waals surface area (Å²) in [5.74, 6) is 0.920. The number of nitrogens with one attached hydrogen (secondary N) is 1. The first-order chi connectivity index (χ1) is 7.88. The summed E-state index contributed by atoms with van der Waals surface area (Å²) >= 11 is 0. The summed E-state index contributed by atoms with van der Waals surface area (Å²) in [6.45, 7) is 1.05. The molecule has 0 amide bonds. The van der Waals surface area contributed by atoms with E-state index in [2.05, 4.69) is 21.7 Å². The molecule has 3 heteroatoms. The Morgan fingerprint density at radius 2 is 2.06 bits per heavy atom. The molecule has 2 aromatic rings. The molecule has 84 valence electrons. The maximum absolute atomic E-state index is 5.12. The van der Waals surface area contributed by atoms with Gasteiger partial charge in [0.05, 0.1) is 13.7 Å². The van der Waals surface area contributed by atoms with Crippen LogP contribution in [0.2, 0.25) is 0 Å². The summed E-state index contributed by atoms with van der Waals surface area (Å²) in [5, 5.41) is 0. The Hall–Kier alpha value is -1.77. The van der Waals surface area contributed by atoms with E-state index >= 15 is 0 Å². The minimum atomic E-state index is 0.920. The quantitative estimate of drug-likeness (QED) is 0.762. The molecule has 1 aromatic heterocycles. The zero-order valence-corrected chi connectivity index (χ0v) is 9.52. The van der Waals surface area contributed by atoms with Gasteiger partial charge in [0, 0.05) is 0 Å². The Balaban J connectivity index is 1.81. The number of aromatic nitrogens is 2. The third-order valence-electron chi connectivity index (χ3n) is 2.64. The van der Waals surface area contributed by atoms with Crippen molar-refractivity contribution < 1.29 is 9.30 Å². The van der Waals surface area contributed by atoms with Crippen LogP contribution in [0.25, 0.3) is 0 Å². The van der Waals surface area contributed by atoms with Gasteiger partial charge in [-0.25, -0.2) is 4.57 Å². The van der Waals surface area contributed by atoms with Crippen molar-refractivity contribution in [2.45, 2.75) is 19.4 Å². The monoisotopic (exact) mass is 217 g/mol. The molecule has 1 aromatic carbocycles. The van der Waals surface area contributed by atoms with E-state index in [4.69, 9.17) is 4.74 Å². The van der Waals surface area contributed by atoms with Crippen LogP contribution in [0, 0.1) is 0 Å². The maximum atomic E-state index is 5.12. The highest BCUT2D eigenvalue weighted by Crippen LogP contribution is 2.12. The molecule has 1 heterocycles. The molecule has 2 rings (SSSR count). The van der Waals surface area contributed by atoms with Crippen LogP contribution in [0.15, 0.2) is 43.0 Å². The molecule has 0 aliphatic carbocycles. The molecule has 0 aliphatic rings. The molecule has 0 unspecified atom stereocenters. The standard InChI is InChI=1S/C13H16N2O/c1-16-13-6-4-12(5-7-13)3-2-9-15-10-8-14-11-15/h4-8,10-11H,2-3,9H2,1H3/p+1. The number of methoxy groups -OCH3 is 1. The lowest BCUT2D eigenvalue weighted by atomic mass is 10.1. The van der Waals surface area contributed by atoms with E-state index in [0.29, 0.717) is 0 Å². The molecule has 1 N–H and O–H groups in total. The number of nitrogens with zero attached hydrogens (tertiary/aromatic N) is 1. The van der Waals surface area contributed by atoms with Crippen LogP contribution in [0.1, 0.15) is 12.0 Å². The maximum Gasteiger partial charge on any atom is 0.241 e. The third-order valence-corrected chi connectivity index (χ3v) is 2.64. The highest BCUT2D eigenvalue weighted by atomic mass is 16.5. The zero-order valence-electron chi connectivity index (χ0n) is 9.52. The first-order valence-electron chi connectivity index (χ1n) is 5.53. The predicted molar refractivity (Wildman–Crippen MR) is 62.3 cm³/mol. The van der Waals surface area contributed by atoms with Gasteiger partial charge in [0.25, 0.3) is 0 Å². The summed E-state index contributed by atoms with van der Waals surface area (Å²) < 4.78 is 7.28. The van der Waals surface area contributed by atoms with Gasteiger partial charge in [0.1, 0.15) is 18.1 Å². The number of aromatic amines is 1. The van der Waals surface area contributed by atoms with Crippen molar-refractivity contribution >= 4 is 0 Å². The number of aryl methyl sites for hydroxylation is 2. The number of rotatable bonds is 5.